The zero-order valence-electron chi connectivity index (χ0n) is 11.5. The number of aromatic amines is 1. The van der Waals surface area contributed by atoms with Crippen molar-refractivity contribution in [2.24, 2.45) is 0 Å². The minimum Gasteiger partial charge on any atom is -0.399 e. The summed E-state index contributed by atoms with van der Waals surface area (Å²) in [7, 11) is -0.557. The predicted octanol–water partition coefficient (Wildman–Crippen LogP) is 2.00. The molecule has 1 aromatic carbocycles. The van der Waals surface area contributed by atoms with Crippen molar-refractivity contribution in [1.29, 1.82) is 0 Å². The lowest BCUT2D eigenvalue weighted by Crippen LogP contribution is -2.41. The van der Waals surface area contributed by atoms with Crippen molar-refractivity contribution in [1.82, 2.24) is 10.2 Å². The van der Waals surface area contributed by atoms with Crippen molar-refractivity contribution in [3.63, 3.8) is 0 Å². The summed E-state index contributed by atoms with van der Waals surface area (Å²) in [6.07, 6.45) is 1.59. The van der Waals surface area contributed by atoms with E-state index < -0.39 is 18.3 Å². The smallest absolute Gasteiger partial charge is 0.399 e. The molecule has 6 heteroatoms. The van der Waals surface area contributed by atoms with Gasteiger partial charge in [-0.3, -0.25) is 5.10 Å². The van der Waals surface area contributed by atoms with Crippen molar-refractivity contribution < 1.29 is 13.7 Å². The molecule has 0 aliphatic carbocycles. The van der Waals surface area contributed by atoms with Crippen LogP contribution in [0.15, 0.2) is 18.3 Å². The van der Waals surface area contributed by atoms with Crippen LogP contribution in [0.5, 0.6) is 0 Å². The van der Waals surface area contributed by atoms with Crippen molar-refractivity contribution in [2.45, 2.75) is 38.9 Å². The number of nitrogens with zero attached hydrogens (tertiary/aromatic N) is 1. The SMILES string of the molecule is CC1(C)OB(c2cc(F)c3[nH]ncc3c2)OC1(C)C. The second-order valence-electron chi connectivity index (χ2n) is 5.93. The summed E-state index contributed by atoms with van der Waals surface area (Å²) in [5.41, 5.74) is 0.212. The van der Waals surface area contributed by atoms with E-state index >= 15 is 0 Å². The maximum Gasteiger partial charge on any atom is 0.494 e. The molecule has 2 aromatic rings. The summed E-state index contributed by atoms with van der Waals surface area (Å²) in [6.45, 7) is 7.89. The van der Waals surface area contributed by atoms with Gasteiger partial charge in [0.25, 0.3) is 0 Å². The van der Waals surface area contributed by atoms with E-state index in [0.29, 0.717) is 16.4 Å². The number of H-pyrrole nitrogens is 1. The number of hydrogen-bond acceptors (Lipinski definition) is 3. The Balaban J connectivity index is 2.02. The van der Waals surface area contributed by atoms with Crippen LogP contribution < -0.4 is 5.46 Å². The van der Waals surface area contributed by atoms with Gasteiger partial charge in [-0.1, -0.05) is 6.07 Å². The maximum absolute atomic E-state index is 13.9. The molecule has 0 spiro atoms. The largest absolute Gasteiger partial charge is 0.494 e. The Kier molecular flexibility index (Phi) is 2.53. The van der Waals surface area contributed by atoms with Gasteiger partial charge >= 0.3 is 7.12 Å². The van der Waals surface area contributed by atoms with Gasteiger partial charge in [0.1, 0.15) is 11.3 Å². The third-order valence-corrected chi connectivity index (χ3v) is 4.05. The average Bonchev–Trinajstić information content (AvgIpc) is 2.82. The van der Waals surface area contributed by atoms with Crippen LogP contribution in [0.1, 0.15) is 27.7 Å². The molecule has 0 radical (unpaired) electrons. The number of aromatic nitrogens is 2. The molecule has 1 fully saturated rings. The highest BCUT2D eigenvalue weighted by molar-refractivity contribution is 6.62. The fourth-order valence-electron chi connectivity index (χ4n) is 2.15. The van der Waals surface area contributed by atoms with Crippen LogP contribution in [0.4, 0.5) is 4.39 Å². The first-order valence-corrected chi connectivity index (χ1v) is 6.28. The van der Waals surface area contributed by atoms with E-state index in [1.807, 2.05) is 33.8 Å². The summed E-state index contributed by atoms with van der Waals surface area (Å²) in [6, 6.07) is 3.27. The Morgan fingerprint density at radius 3 is 2.42 bits per heavy atom. The van der Waals surface area contributed by atoms with E-state index in [1.54, 1.807) is 6.20 Å². The first-order chi connectivity index (χ1) is 8.80. The fourth-order valence-corrected chi connectivity index (χ4v) is 2.15. The first kappa shape index (κ1) is 12.6. The lowest BCUT2D eigenvalue weighted by molar-refractivity contribution is 0.00578. The monoisotopic (exact) mass is 262 g/mol. The molecule has 0 bridgehead atoms. The van der Waals surface area contributed by atoms with Gasteiger partial charge in [-0.2, -0.15) is 5.10 Å². The van der Waals surface area contributed by atoms with Crippen LogP contribution in [0.3, 0.4) is 0 Å². The normalized spacial score (nSPS) is 21.2. The lowest BCUT2D eigenvalue weighted by Gasteiger charge is -2.32. The van der Waals surface area contributed by atoms with E-state index in [9.17, 15) is 4.39 Å². The quantitative estimate of drug-likeness (QED) is 0.799. The van der Waals surface area contributed by atoms with Crippen molar-refractivity contribution in [3.05, 3.63) is 24.1 Å². The van der Waals surface area contributed by atoms with Crippen LogP contribution in [0.25, 0.3) is 10.9 Å². The second kappa shape index (κ2) is 3.80. The Bertz CT molecular complexity index is 623. The fraction of sp³-hybridized carbons (Fsp3) is 0.462. The lowest BCUT2D eigenvalue weighted by atomic mass is 9.78. The summed E-state index contributed by atoms with van der Waals surface area (Å²) in [4.78, 5) is 0. The molecule has 1 aromatic heterocycles. The summed E-state index contributed by atoms with van der Waals surface area (Å²) in [5, 5.41) is 7.18. The predicted molar refractivity (Wildman–Crippen MR) is 71.8 cm³/mol. The van der Waals surface area contributed by atoms with Crippen LogP contribution in [-0.4, -0.2) is 28.5 Å². The highest BCUT2D eigenvalue weighted by Crippen LogP contribution is 2.36. The van der Waals surface area contributed by atoms with Gasteiger partial charge in [-0.15, -0.1) is 0 Å². The molecule has 100 valence electrons. The summed E-state index contributed by atoms with van der Waals surface area (Å²) >= 11 is 0. The molecule has 0 atom stereocenters. The van der Waals surface area contributed by atoms with Gasteiger partial charge in [0.05, 0.1) is 17.4 Å². The molecule has 3 rings (SSSR count). The zero-order chi connectivity index (χ0) is 13.8. The number of hydrogen-bond donors (Lipinski definition) is 1. The molecular weight excluding hydrogens is 246 g/mol. The van der Waals surface area contributed by atoms with Crippen LogP contribution in [0.2, 0.25) is 0 Å². The molecule has 0 amide bonds. The van der Waals surface area contributed by atoms with E-state index in [1.165, 1.54) is 6.07 Å². The minimum absolute atomic E-state index is 0.347. The van der Waals surface area contributed by atoms with Crippen LogP contribution in [0, 0.1) is 5.82 Å². The van der Waals surface area contributed by atoms with Gasteiger partial charge in [-0.25, -0.2) is 4.39 Å². The van der Waals surface area contributed by atoms with E-state index in [-0.39, 0.29) is 5.82 Å². The highest BCUT2D eigenvalue weighted by Gasteiger charge is 2.51. The standard InChI is InChI=1S/C13H16BFN2O2/c1-12(2)13(3,4)19-14(18-12)9-5-8-7-16-17-11(8)10(15)6-9/h5-7H,1-4H3,(H,16,17). The number of benzene rings is 1. The van der Waals surface area contributed by atoms with Crippen molar-refractivity contribution in [3.8, 4) is 0 Å². The Labute approximate surface area is 111 Å². The van der Waals surface area contributed by atoms with Crippen molar-refractivity contribution >= 4 is 23.5 Å². The molecule has 1 aliphatic rings. The van der Waals surface area contributed by atoms with Gasteiger partial charge in [-0.05, 0) is 39.2 Å². The van der Waals surface area contributed by atoms with Crippen LogP contribution in [-0.2, 0) is 9.31 Å². The Morgan fingerprint density at radius 1 is 1.16 bits per heavy atom. The average molecular weight is 262 g/mol. The third-order valence-electron chi connectivity index (χ3n) is 4.05. The number of rotatable bonds is 1. The minimum atomic E-state index is -0.557. The van der Waals surface area contributed by atoms with Gasteiger partial charge in [0.15, 0.2) is 0 Å². The maximum atomic E-state index is 13.9. The van der Waals surface area contributed by atoms with E-state index in [2.05, 4.69) is 10.2 Å². The van der Waals surface area contributed by atoms with Crippen molar-refractivity contribution in [2.75, 3.05) is 0 Å². The van der Waals surface area contributed by atoms with E-state index in [0.717, 1.165) is 0 Å². The molecule has 2 heterocycles. The summed E-state index contributed by atoms with van der Waals surface area (Å²) < 4.78 is 25.8. The molecule has 4 nitrogen and oxygen atoms in total. The number of fused-ring (bicyclic) bond motifs is 1. The number of halogens is 1. The molecule has 19 heavy (non-hydrogen) atoms. The van der Waals surface area contributed by atoms with E-state index in [4.69, 9.17) is 9.31 Å². The molecule has 0 unspecified atom stereocenters. The summed E-state index contributed by atoms with van der Waals surface area (Å²) in [5.74, 6) is -0.347. The third kappa shape index (κ3) is 1.86. The molecule has 1 aliphatic heterocycles. The number of nitrogens with one attached hydrogen (secondary N) is 1. The van der Waals surface area contributed by atoms with Crippen LogP contribution >= 0.6 is 0 Å². The topological polar surface area (TPSA) is 47.1 Å². The molecule has 0 saturated carbocycles. The zero-order valence-corrected chi connectivity index (χ0v) is 11.5. The first-order valence-electron chi connectivity index (χ1n) is 6.28. The Morgan fingerprint density at radius 2 is 1.79 bits per heavy atom. The highest BCUT2D eigenvalue weighted by atomic mass is 19.1. The van der Waals surface area contributed by atoms with Gasteiger partial charge in [0.2, 0.25) is 0 Å². The molecule has 1 N–H and O–H groups in total. The molecule has 1 saturated heterocycles. The van der Waals surface area contributed by atoms with Gasteiger partial charge < -0.3 is 9.31 Å². The molecular formula is C13H16BFN2O2. The van der Waals surface area contributed by atoms with Gasteiger partial charge in [0, 0.05) is 5.39 Å². The second-order valence-corrected chi connectivity index (χ2v) is 5.93. The Hall–Kier alpha value is -1.40.